The van der Waals surface area contributed by atoms with Crippen molar-refractivity contribution in [3.05, 3.63) is 41.3 Å². The molecule has 2 aromatic rings. The molecule has 3 rings (SSSR count). The fourth-order valence-electron chi connectivity index (χ4n) is 2.01. The van der Waals surface area contributed by atoms with Gasteiger partial charge in [-0.3, -0.25) is 9.59 Å². The minimum atomic E-state index is -2.89. The van der Waals surface area contributed by atoms with Crippen LogP contribution in [-0.4, -0.2) is 18.4 Å². The molecule has 1 saturated carbocycles. The Morgan fingerprint density at radius 3 is 2.42 bits per heavy atom. The fourth-order valence-corrected chi connectivity index (χ4v) is 2.81. The van der Waals surface area contributed by atoms with Crippen molar-refractivity contribution in [2.45, 2.75) is 19.5 Å². The first-order valence-corrected chi connectivity index (χ1v) is 8.10. The maximum Gasteiger partial charge on any atom is 0.387 e. The van der Waals surface area contributed by atoms with Crippen LogP contribution in [0, 0.1) is 5.92 Å². The van der Waals surface area contributed by atoms with Gasteiger partial charge in [0.05, 0.1) is 9.88 Å². The first-order valence-electron chi connectivity index (χ1n) is 7.28. The van der Waals surface area contributed by atoms with E-state index < -0.39 is 6.61 Å². The third kappa shape index (κ3) is 4.29. The van der Waals surface area contributed by atoms with Crippen molar-refractivity contribution in [1.29, 1.82) is 0 Å². The molecular formula is C16H14F2N2O3S. The summed E-state index contributed by atoms with van der Waals surface area (Å²) in [7, 11) is 0. The van der Waals surface area contributed by atoms with Crippen molar-refractivity contribution in [3.63, 3.8) is 0 Å². The topological polar surface area (TPSA) is 67.4 Å². The number of halogens is 2. The van der Waals surface area contributed by atoms with Gasteiger partial charge >= 0.3 is 6.61 Å². The van der Waals surface area contributed by atoms with Crippen LogP contribution < -0.4 is 15.4 Å². The molecule has 1 aliphatic carbocycles. The van der Waals surface area contributed by atoms with E-state index in [4.69, 9.17) is 0 Å². The maximum atomic E-state index is 12.2. The zero-order valence-electron chi connectivity index (χ0n) is 12.4. The summed E-state index contributed by atoms with van der Waals surface area (Å²) in [6, 6.07) is 8.93. The van der Waals surface area contributed by atoms with E-state index in [-0.39, 0.29) is 23.5 Å². The van der Waals surface area contributed by atoms with Gasteiger partial charge < -0.3 is 15.4 Å². The minimum absolute atomic E-state index is 0.0153. The molecule has 1 aromatic carbocycles. The van der Waals surface area contributed by atoms with E-state index in [0.717, 1.165) is 12.8 Å². The largest absolute Gasteiger partial charge is 0.435 e. The van der Waals surface area contributed by atoms with E-state index in [0.29, 0.717) is 15.6 Å². The van der Waals surface area contributed by atoms with E-state index in [1.54, 1.807) is 12.1 Å². The molecule has 8 heteroatoms. The molecule has 1 fully saturated rings. The van der Waals surface area contributed by atoms with Gasteiger partial charge in [0.1, 0.15) is 5.75 Å². The number of anilines is 2. The monoisotopic (exact) mass is 352 g/mol. The molecular weight excluding hydrogens is 338 g/mol. The first-order chi connectivity index (χ1) is 11.5. The molecule has 126 valence electrons. The number of benzene rings is 1. The normalized spacial score (nSPS) is 13.6. The van der Waals surface area contributed by atoms with Gasteiger partial charge in [0.2, 0.25) is 5.91 Å². The standard InChI is InChI=1S/C16H14F2N2O3S/c17-16(18)23-11-5-3-10(4-6-11)19-15(22)12-7-8-13(24-12)20-14(21)9-1-2-9/h3-9,16H,1-2H2,(H,19,22)(H,20,21). The third-order valence-electron chi connectivity index (χ3n) is 3.36. The van der Waals surface area contributed by atoms with Crippen molar-refractivity contribution >= 4 is 33.8 Å². The molecule has 0 aliphatic heterocycles. The van der Waals surface area contributed by atoms with E-state index in [2.05, 4.69) is 15.4 Å². The van der Waals surface area contributed by atoms with Gasteiger partial charge in [0.25, 0.3) is 5.91 Å². The highest BCUT2D eigenvalue weighted by atomic mass is 32.1. The highest BCUT2D eigenvalue weighted by Gasteiger charge is 2.29. The number of hydrogen-bond acceptors (Lipinski definition) is 4. The molecule has 2 amide bonds. The number of thiophene rings is 1. The molecule has 0 unspecified atom stereocenters. The Bertz CT molecular complexity index is 742. The lowest BCUT2D eigenvalue weighted by molar-refractivity contribution is -0.117. The molecule has 0 saturated heterocycles. The number of amides is 2. The van der Waals surface area contributed by atoms with Gasteiger partial charge in [-0.2, -0.15) is 8.78 Å². The molecule has 24 heavy (non-hydrogen) atoms. The molecule has 1 aliphatic rings. The Labute approximate surface area is 140 Å². The lowest BCUT2D eigenvalue weighted by Crippen LogP contribution is -2.12. The third-order valence-corrected chi connectivity index (χ3v) is 4.36. The second-order valence-electron chi connectivity index (χ2n) is 5.28. The van der Waals surface area contributed by atoms with Crippen molar-refractivity contribution in [3.8, 4) is 5.75 Å². The number of alkyl halides is 2. The van der Waals surface area contributed by atoms with Crippen LogP contribution in [0.25, 0.3) is 0 Å². The number of rotatable bonds is 6. The predicted molar refractivity (Wildman–Crippen MR) is 86.7 cm³/mol. The Balaban J connectivity index is 1.58. The summed E-state index contributed by atoms with van der Waals surface area (Å²) in [5.74, 6) is -0.240. The number of hydrogen-bond donors (Lipinski definition) is 2. The number of nitrogens with one attached hydrogen (secondary N) is 2. The smallest absolute Gasteiger partial charge is 0.387 e. The van der Waals surface area contributed by atoms with E-state index in [1.807, 2.05) is 0 Å². The van der Waals surface area contributed by atoms with E-state index in [9.17, 15) is 18.4 Å². The molecule has 0 bridgehead atoms. The second-order valence-corrected chi connectivity index (χ2v) is 6.37. The van der Waals surface area contributed by atoms with Gasteiger partial charge in [-0.25, -0.2) is 0 Å². The molecule has 5 nitrogen and oxygen atoms in total. The lowest BCUT2D eigenvalue weighted by Gasteiger charge is -2.06. The van der Waals surface area contributed by atoms with Gasteiger partial charge in [-0.05, 0) is 49.2 Å². The predicted octanol–water partition coefficient (Wildman–Crippen LogP) is 3.95. The summed E-state index contributed by atoms with van der Waals surface area (Å²) in [6.45, 7) is -2.89. The molecule has 0 spiro atoms. The van der Waals surface area contributed by atoms with E-state index >= 15 is 0 Å². The van der Waals surface area contributed by atoms with Crippen LogP contribution in [0.4, 0.5) is 19.5 Å². The van der Waals surface area contributed by atoms with Gasteiger partial charge in [0, 0.05) is 11.6 Å². The van der Waals surface area contributed by atoms with Crippen molar-refractivity contribution in [1.82, 2.24) is 0 Å². The number of ether oxygens (including phenoxy) is 1. The fraction of sp³-hybridized carbons (Fsp3) is 0.250. The van der Waals surface area contributed by atoms with Crippen LogP contribution in [0.3, 0.4) is 0 Å². The summed E-state index contributed by atoms with van der Waals surface area (Å²) in [5, 5.41) is 6.06. The van der Waals surface area contributed by atoms with Crippen molar-refractivity contribution in [2.24, 2.45) is 5.92 Å². The van der Waals surface area contributed by atoms with E-state index in [1.165, 1.54) is 35.6 Å². The molecule has 1 heterocycles. The summed E-state index contributed by atoms with van der Waals surface area (Å²) < 4.78 is 28.4. The Kier molecular flexibility index (Phi) is 4.75. The average molecular weight is 352 g/mol. The summed E-state index contributed by atoms with van der Waals surface area (Å²) in [6.07, 6.45) is 1.83. The van der Waals surface area contributed by atoms with Crippen LogP contribution in [-0.2, 0) is 4.79 Å². The molecule has 0 radical (unpaired) electrons. The number of carbonyl (C=O) groups is 2. The molecule has 0 atom stereocenters. The zero-order valence-corrected chi connectivity index (χ0v) is 13.2. The second kappa shape index (κ2) is 6.96. The Morgan fingerprint density at radius 1 is 1.08 bits per heavy atom. The number of carbonyl (C=O) groups excluding carboxylic acids is 2. The van der Waals surface area contributed by atoms with Gasteiger partial charge in [0.15, 0.2) is 0 Å². The van der Waals surface area contributed by atoms with Crippen molar-refractivity contribution < 1.29 is 23.1 Å². The van der Waals surface area contributed by atoms with Crippen molar-refractivity contribution in [2.75, 3.05) is 10.6 Å². The maximum absolute atomic E-state index is 12.2. The average Bonchev–Trinajstić information content (AvgIpc) is 3.29. The Hall–Kier alpha value is -2.48. The summed E-state index contributed by atoms with van der Waals surface area (Å²) in [5.41, 5.74) is 0.457. The highest BCUT2D eigenvalue weighted by molar-refractivity contribution is 7.18. The highest BCUT2D eigenvalue weighted by Crippen LogP contribution is 2.31. The van der Waals surface area contributed by atoms with Gasteiger partial charge in [-0.1, -0.05) is 0 Å². The zero-order chi connectivity index (χ0) is 17.1. The quantitative estimate of drug-likeness (QED) is 0.827. The van der Waals surface area contributed by atoms with Crippen LogP contribution >= 0.6 is 11.3 Å². The van der Waals surface area contributed by atoms with Crippen LogP contribution in [0.5, 0.6) is 5.75 Å². The SMILES string of the molecule is O=C(Nc1ccc(OC(F)F)cc1)c1ccc(NC(=O)C2CC2)s1. The van der Waals surface area contributed by atoms with Crippen LogP contribution in [0.2, 0.25) is 0 Å². The first kappa shape index (κ1) is 16.4. The molecule has 1 aromatic heterocycles. The van der Waals surface area contributed by atoms with Crippen LogP contribution in [0.15, 0.2) is 36.4 Å². The Morgan fingerprint density at radius 2 is 1.79 bits per heavy atom. The molecule has 2 N–H and O–H groups in total. The summed E-state index contributed by atoms with van der Waals surface area (Å²) >= 11 is 1.18. The van der Waals surface area contributed by atoms with Crippen LogP contribution in [0.1, 0.15) is 22.5 Å². The summed E-state index contributed by atoms with van der Waals surface area (Å²) in [4.78, 5) is 24.3. The lowest BCUT2D eigenvalue weighted by atomic mass is 10.3. The minimum Gasteiger partial charge on any atom is -0.435 e. The van der Waals surface area contributed by atoms with Gasteiger partial charge in [-0.15, -0.1) is 11.3 Å².